The third kappa shape index (κ3) is 6.13. The van der Waals surface area contributed by atoms with Gasteiger partial charge >= 0.3 is 4.87 Å². The highest BCUT2D eigenvalue weighted by Gasteiger charge is 2.22. The molecule has 0 aliphatic carbocycles. The first kappa shape index (κ1) is 25.9. The van der Waals surface area contributed by atoms with E-state index in [-0.39, 0.29) is 16.1 Å². The Hall–Kier alpha value is -3.21. The largest absolute Gasteiger partial charge is 0.506 e. The summed E-state index contributed by atoms with van der Waals surface area (Å²) in [6.07, 6.45) is -1.82. The average Bonchev–Trinajstić information content (AvgIpc) is 3.26. The van der Waals surface area contributed by atoms with Gasteiger partial charge in [-0.3, -0.25) is 15.0 Å². The summed E-state index contributed by atoms with van der Waals surface area (Å²) in [6, 6.07) is 19.2. The number of nitrogens with zero attached hydrogens (tertiary/aromatic N) is 1. The van der Waals surface area contributed by atoms with Crippen molar-refractivity contribution in [2.24, 2.45) is 0 Å². The van der Waals surface area contributed by atoms with Crippen LogP contribution >= 0.6 is 11.3 Å². The number of phenols is 1. The first-order valence-corrected chi connectivity index (χ1v) is 12.5. The van der Waals surface area contributed by atoms with E-state index in [1.54, 1.807) is 7.11 Å². The van der Waals surface area contributed by atoms with Gasteiger partial charge in [0.15, 0.2) is 0 Å². The van der Waals surface area contributed by atoms with Crippen LogP contribution in [-0.4, -0.2) is 52.1 Å². The molecule has 0 bridgehead atoms. The number of aromatic hydroxyl groups is 1. The van der Waals surface area contributed by atoms with Crippen LogP contribution in [0.1, 0.15) is 28.4 Å². The number of aliphatic hydroxyl groups is 2. The smallest absolute Gasteiger partial charge is 0.305 e. The second kappa shape index (κ2) is 11.7. The summed E-state index contributed by atoms with van der Waals surface area (Å²) in [6.45, 7) is 1.99. The zero-order valence-electron chi connectivity index (χ0n) is 20.3. The molecule has 1 aromatic heterocycles. The Labute approximate surface area is 213 Å². The first-order chi connectivity index (χ1) is 17.4. The van der Waals surface area contributed by atoms with Crippen molar-refractivity contribution in [2.75, 3.05) is 20.7 Å². The average molecular weight is 510 g/mol. The second-order valence-electron chi connectivity index (χ2n) is 8.79. The Balaban J connectivity index is 1.32. The van der Waals surface area contributed by atoms with Gasteiger partial charge in [0.2, 0.25) is 0 Å². The van der Waals surface area contributed by atoms with Gasteiger partial charge in [0.05, 0.1) is 11.8 Å². The number of ether oxygens (including phenoxy) is 1. The van der Waals surface area contributed by atoms with Crippen molar-refractivity contribution in [3.8, 4) is 11.5 Å². The van der Waals surface area contributed by atoms with E-state index in [0.29, 0.717) is 23.2 Å². The van der Waals surface area contributed by atoms with Gasteiger partial charge in [-0.1, -0.05) is 59.9 Å². The maximum atomic E-state index is 11.7. The normalized spacial score (nSPS) is 13.2. The molecule has 36 heavy (non-hydrogen) atoms. The van der Waals surface area contributed by atoms with Gasteiger partial charge in [0.1, 0.15) is 29.3 Å². The summed E-state index contributed by atoms with van der Waals surface area (Å²) in [5.74, 6) is 0.804. The van der Waals surface area contributed by atoms with Gasteiger partial charge < -0.3 is 25.0 Å². The predicted molar refractivity (Wildman–Crippen MR) is 141 cm³/mol. The van der Waals surface area contributed by atoms with E-state index < -0.39 is 12.3 Å². The van der Waals surface area contributed by atoms with Crippen LogP contribution < -0.4 is 14.9 Å². The van der Waals surface area contributed by atoms with Gasteiger partial charge in [0.25, 0.3) is 0 Å². The van der Waals surface area contributed by atoms with Crippen molar-refractivity contribution in [1.29, 1.82) is 0 Å². The van der Waals surface area contributed by atoms with E-state index in [4.69, 9.17) is 4.74 Å². The molecule has 0 spiro atoms. The number of hydrogen-bond donors (Lipinski definition) is 5. The number of para-hydroxylation sites is 1. The molecule has 190 valence electrons. The molecule has 2 unspecified atom stereocenters. The van der Waals surface area contributed by atoms with Crippen LogP contribution in [0.5, 0.6) is 11.5 Å². The molecule has 0 radical (unpaired) electrons. The quantitative estimate of drug-likeness (QED) is 0.197. The number of benzene rings is 3. The summed E-state index contributed by atoms with van der Waals surface area (Å²) in [5, 5.41) is 34.1. The van der Waals surface area contributed by atoms with E-state index in [0.717, 1.165) is 41.3 Å². The van der Waals surface area contributed by atoms with Gasteiger partial charge in [-0.2, -0.15) is 0 Å². The molecule has 4 rings (SSSR count). The maximum absolute atomic E-state index is 11.7. The molecule has 1 heterocycles. The first-order valence-electron chi connectivity index (χ1n) is 11.7. The highest BCUT2D eigenvalue weighted by molar-refractivity contribution is 7.16. The van der Waals surface area contributed by atoms with Crippen LogP contribution in [-0.2, 0) is 19.5 Å². The predicted octanol–water partition coefficient (Wildman–Crippen LogP) is 3.12. The second-order valence-corrected chi connectivity index (χ2v) is 9.77. The lowest BCUT2D eigenvalue weighted by Crippen LogP contribution is -2.36. The Kier molecular flexibility index (Phi) is 8.40. The molecular formula is C27H31N3O5S. The lowest BCUT2D eigenvalue weighted by atomic mass is 10.1. The molecule has 0 aliphatic rings. The lowest BCUT2D eigenvalue weighted by Gasteiger charge is -2.20. The molecule has 0 aliphatic heterocycles. The fourth-order valence-electron chi connectivity index (χ4n) is 4.29. The molecule has 5 N–H and O–H groups in total. The SMILES string of the molecule is COc1ccccc1CN(C)Cc1cccc(CCNC(O)C(O)c2ccc(O)c3[nH]c(=O)sc23)c1. The summed E-state index contributed by atoms with van der Waals surface area (Å²) >= 11 is 0.887. The van der Waals surface area contributed by atoms with Crippen molar-refractivity contribution >= 4 is 21.6 Å². The number of aromatic nitrogens is 1. The van der Waals surface area contributed by atoms with Crippen LogP contribution in [0.25, 0.3) is 10.2 Å². The third-order valence-corrected chi connectivity index (χ3v) is 6.98. The van der Waals surface area contributed by atoms with E-state index in [9.17, 15) is 20.1 Å². The van der Waals surface area contributed by atoms with Crippen LogP contribution in [0.15, 0.2) is 65.5 Å². The fraction of sp³-hybridized carbons (Fsp3) is 0.296. The molecule has 8 nitrogen and oxygen atoms in total. The monoisotopic (exact) mass is 509 g/mol. The van der Waals surface area contributed by atoms with Gasteiger partial charge in [0, 0.05) is 30.8 Å². The topological polar surface area (TPSA) is 118 Å². The molecule has 0 saturated carbocycles. The highest BCUT2D eigenvalue weighted by Crippen LogP contribution is 2.32. The Morgan fingerprint density at radius 1 is 1.06 bits per heavy atom. The van der Waals surface area contributed by atoms with Gasteiger partial charge in [-0.05, 0) is 36.7 Å². The molecule has 0 fully saturated rings. The molecular weight excluding hydrogens is 478 g/mol. The zero-order valence-corrected chi connectivity index (χ0v) is 21.1. The molecule has 0 amide bonds. The summed E-state index contributed by atoms with van der Waals surface area (Å²) in [4.78, 5) is 16.2. The summed E-state index contributed by atoms with van der Waals surface area (Å²) < 4.78 is 5.88. The number of aliphatic hydroxyl groups excluding tert-OH is 2. The van der Waals surface area contributed by atoms with Crippen molar-refractivity contribution in [3.05, 3.63) is 92.6 Å². The minimum absolute atomic E-state index is 0.0739. The van der Waals surface area contributed by atoms with Crippen molar-refractivity contribution in [2.45, 2.75) is 31.8 Å². The number of phenolic OH excluding ortho intramolecular Hbond substituents is 1. The number of fused-ring (bicyclic) bond motifs is 1. The molecule has 0 saturated heterocycles. The number of aromatic amines is 1. The Bertz CT molecular complexity index is 1370. The molecule has 4 aromatic rings. The van der Waals surface area contributed by atoms with E-state index in [1.165, 1.54) is 17.7 Å². The van der Waals surface area contributed by atoms with Crippen LogP contribution in [0.4, 0.5) is 0 Å². The third-order valence-electron chi connectivity index (χ3n) is 6.05. The van der Waals surface area contributed by atoms with E-state index >= 15 is 0 Å². The van der Waals surface area contributed by atoms with Crippen LogP contribution in [0, 0.1) is 0 Å². The standard InChI is InChI=1S/C27H31N3O5S/c1-30(16-19-8-3-4-9-22(19)35-2)15-18-7-5-6-17(14-18)12-13-28-26(33)24(32)20-10-11-21(31)23-25(20)36-27(34)29-23/h3-11,14,24,26,28,31-33H,12-13,15-16H2,1-2H3,(H,29,34). The summed E-state index contributed by atoms with van der Waals surface area (Å²) in [5.41, 5.74) is 4.07. The van der Waals surface area contributed by atoms with E-state index in [1.807, 2.05) is 30.3 Å². The Morgan fingerprint density at radius 2 is 1.83 bits per heavy atom. The van der Waals surface area contributed by atoms with Crippen molar-refractivity contribution in [1.82, 2.24) is 15.2 Å². The number of nitrogens with one attached hydrogen (secondary N) is 2. The van der Waals surface area contributed by atoms with Gasteiger partial charge in [-0.15, -0.1) is 0 Å². The van der Waals surface area contributed by atoms with Crippen molar-refractivity contribution in [3.63, 3.8) is 0 Å². The number of thiazole rings is 1. The van der Waals surface area contributed by atoms with Crippen LogP contribution in [0.2, 0.25) is 0 Å². The molecule has 9 heteroatoms. The van der Waals surface area contributed by atoms with E-state index in [2.05, 4.69) is 40.4 Å². The van der Waals surface area contributed by atoms with Gasteiger partial charge in [-0.25, -0.2) is 0 Å². The Morgan fingerprint density at radius 3 is 2.64 bits per heavy atom. The number of rotatable bonds is 11. The maximum Gasteiger partial charge on any atom is 0.305 e. The minimum atomic E-state index is -1.26. The lowest BCUT2D eigenvalue weighted by molar-refractivity contribution is -0.00168. The molecule has 2 atom stereocenters. The van der Waals surface area contributed by atoms with Crippen molar-refractivity contribution < 1.29 is 20.1 Å². The fourth-order valence-corrected chi connectivity index (χ4v) is 5.20. The minimum Gasteiger partial charge on any atom is -0.506 e. The molecule has 3 aromatic carbocycles. The van der Waals surface area contributed by atoms with Crippen LogP contribution in [0.3, 0.4) is 0 Å². The highest BCUT2D eigenvalue weighted by atomic mass is 32.1. The summed E-state index contributed by atoms with van der Waals surface area (Å²) in [7, 11) is 3.75. The number of methoxy groups -OCH3 is 1. The number of H-pyrrole nitrogens is 1. The number of hydrogen-bond acceptors (Lipinski definition) is 8. The zero-order chi connectivity index (χ0) is 25.7.